The van der Waals surface area contributed by atoms with E-state index in [-0.39, 0.29) is 22.9 Å². The quantitative estimate of drug-likeness (QED) is 0.422. The molecule has 0 saturated heterocycles. The smallest absolute Gasteiger partial charge is 0.257 e. The molecule has 0 unspecified atom stereocenters. The van der Waals surface area contributed by atoms with Gasteiger partial charge in [-0.05, 0) is 48.5 Å². The summed E-state index contributed by atoms with van der Waals surface area (Å²) in [5.41, 5.74) is 3.38. The second-order valence-electron chi connectivity index (χ2n) is 7.55. The Morgan fingerprint density at radius 3 is 2.53 bits per heavy atom. The van der Waals surface area contributed by atoms with Crippen molar-refractivity contribution in [2.75, 3.05) is 12.4 Å². The highest BCUT2D eigenvalue weighted by Gasteiger charge is 2.16. The van der Waals surface area contributed by atoms with E-state index in [0.29, 0.717) is 17.0 Å². The minimum absolute atomic E-state index is 0.0989. The van der Waals surface area contributed by atoms with Gasteiger partial charge in [0.15, 0.2) is 11.5 Å². The van der Waals surface area contributed by atoms with Gasteiger partial charge in [-0.3, -0.25) is 9.48 Å². The van der Waals surface area contributed by atoms with Crippen LogP contribution in [-0.2, 0) is 7.05 Å². The maximum atomic E-state index is 13.7. The highest BCUT2D eigenvalue weighted by atomic mass is 19.1. The predicted octanol–water partition coefficient (Wildman–Crippen LogP) is 4.34. The van der Waals surface area contributed by atoms with E-state index in [1.165, 1.54) is 35.9 Å². The van der Waals surface area contributed by atoms with Gasteiger partial charge >= 0.3 is 0 Å². The first-order valence-corrected chi connectivity index (χ1v) is 10.2. The number of aryl methyl sites for hydroxylation is 1. The number of halogens is 2. The summed E-state index contributed by atoms with van der Waals surface area (Å²) >= 11 is 0. The lowest BCUT2D eigenvalue weighted by atomic mass is 10.1. The van der Waals surface area contributed by atoms with Crippen LogP contribution < -0.4 is 10.1 Å². The van der Waals surface area contributed by atoms with E-state index in [1.54, 1.807) is 42.2 Å². The monoisotopic (exact) mass is 460 g/mol. The summed E-state index contributed by atoms with van der Waals surface area (Å²) in [7, 11) is 3.19. The molecule has 0 fully saturated rings. The number of imidazole rings is 1. The van der Waals surface area contributed by atoms with Crippen molar-refractivity contribution in [2.45, 2.75) is 0 Å². The molecule has 5 aromatic rings. The number of aromatic nitrogens is 5. The Bertz CT molecular complexity index is 1520. The zero-order chi connectivity index (χ0) is 23.8. The molecule has 0 aliphatic carbocycles. The van der Waals surface area contributed by atoms with Gasteiger partial charge in [-0.1, -0.05) is 0 Å². The lowest BCUT2D eigenvalue weighted by Crippen LogP contribution is -2.12. The van der Waals surface area contributed by atoms with Crippen LogP contribution in [0.1, 0.15) is 10.4 Å². The first kappa shape index (κ1) is 21.3. The molecule has 2 aromatic carbocycles. The van der Waals surface area contributed by atoms with Crippen molar-refractivity contribution in [1.82, 2.24) is 24.4 Å². The lowest BCUT2D eigenvalue weighted by molar-refractivity contribution is 0.102. The Morgan fingerprint density at radius 2 is 1.76 bits per heavy atom. The highest BCUT2D eigenvalue weighted by molar-refractivity contribution is 6.04. The maximum Gasteiger partial charge on any atom is 0.257 e. The van der Waals surface area contributed by atoms with Gasteiger partial charge in [0.25, 0.3) is 5.91 Å². The summed E-state index contributed by atoms with van der Waals surface area (Å²) < 4.78 is 35.3. The van der Waals surface area contributed by atoms with Crippen LogP contribution in [0.4, 0.5) is 14.6 Å². The molecule has 170 valence electrons. The molecule has 0 saturated carbocycles. The first-order valence-electron chi connectivity index (χ1n) is 10.2. The molecule has 5 rings (SSSR count). The molecule has 0 radical (unpaired) electrons. The zero-order valence-corrected chi connectivity index (χ0v) is 18.2. The average molecular weight is 460 g/mol. The highest BCUT2D eigenvalue weighted by Crippen LogP contribution is 2.30. The van der Waals surface area contributed by atoms with Crippen LogP contribution in [0.15, 0.2) is 67.0 Å². The van der Waals surface area contributed by atoms with Crippen LogP contribution in [-0.4, -0.2) is 37.4 Å². The summed E-state index contributed by atoms with van der Waals surface area (Å²) in [6.07, 6.45) is 3.38. The van der Waals surface area contributed by atoms with Crippen molar-refractivity contribution in [2.24, 2.45) is 7.05 Å². The third-order valence-electron chi connectivity index (χ3n) is 5.15. The first-order chi connectivity index (χ1) is 16.4. The number of hydrogen-bond donors (Lipinski definition) is 1. The normalized spacial score (nSPS) is 11.1. The molecular weight excluding hydrogens is 442 g/mol. The molecule has 1 amide bonds. The van der Waals surface area contributed by atoms with Gasteiger partial charge in [0.1, 0.15) is 23.1 Å². The number of fused-ring (bicyclic) bond motifs is 1. The van der Waals surface area contributed by atoms with E-state index < -0.39 is 11.7 Å². The molecule has 0 aliphatic rings. The molecule has 1 N–H and O–H groups in total. The fourth-order valence-electron chi connectivity index (χ4n) is 3.58. The van der Waals surface area contributed by atoms with Crippen LogP contribution in [0.2, 0.25) is 0 Å². The standard InChI is InChI=1S/C24H18F2N6O2/c1-31-12-19(23(30-31)14-3-5-16(25)6-4-14)20-7-8-22-27-21(13-32(22)29-20)28-24(33)15-9-17(26)11-18(10-15)34-2/h3-13H,1-2H3,(H,28,33). The van der Waals surface area contributed by atoms with Gasteiger partial charge in [0.05, 0.1) is 19.0 Å². The number of carbonyl (C=O) groups is 1. The molecule has 10 heteroatoms. The van der Waals surface area contributed by atoms with Crippen molar-refractivity contribution in [3.8, 4) is 28.3 Å². The summed E-state index contributed by atoms with van der Waals surface area (Å²) in [6, 6.07) is 13.4. The number of hydrogen-bond acceptors (Lipinski definition) is 5. The summed E-state index contributed by atoms with van der Waals surface area (Å²) in [5, 5.41) is 11.7. The molecule has 0 atom stereocenters. The molecule has 34 heavy (non-hydrogen) atoms. The summed E-state index contributed by atoms with van der Waals surface area (Å²) in [6.45, 7) is 0. The molecule has 3 aromatic heterocycles. The van der Waals surface area contributed by atoms with E-state index in [0.717, 1.165) is 17.2 Å². The van der Waals surface area contributed by atoms with Crippen molar-refractivity contribution in [3.05, 3.63) is 84.2 Å². The zero-order valence-electron chi connectivity index (χ0n) is 18.2. The number of rotatable bonds is 5. The number of nitrogens with one attached hydrogen (secondary N) is 1. The summed E-state index contributed by atoms with van der Waals surface area (Å²) in [4.78, 5) is 16.9. The maximum absolute atomic E-state index is 13.7. The van der Waals surface area contributed by atoms with E-state index in [1.807, 2.05) is 6.20 Å². The summed E-state index contributed by atoms with van der Waals surface area (Å²) in [5.74, 6) is -0.959. The lowest BCUT2D eigenvalue weighted by Gasteiger charge is -2.05. The predicted molar refractivity (Wildman–Crippen MR) is 121 cm³/mol. The van der Waals surface area contributed by atoms with Gasteiger partial charge in [-0.2, -0.15) is 10.2 Å². The van der Waals surface area contributed by atoms with Crippen LogP contribution in [0.3, 0.4) is 0 Å². The Labute approximate surface area is 192 Å². The number of nitrogens with zero attached hydrogens (tertiary/aromatic N) is 5. The number of benzene rings is 2. The molecule has 0 spiro atoms. The van der Waals surface area contributed by atoms with Crippen molar-refractivity contribution in [3.63, 3.8) is 0 Å². The largest absolute Gasteiger partial charge is 0.497 e. The molecule has 0 aliphatic heterocycles. The van der Waals surface area contributed by atoms with Crippen molar-refractivity contribution in [1.29, 1.82) is 0 Å². The molecule has 0 bridgehead atoms. The number of amides is 1. The van der Waals surface area contributed by atoms with Crippen LogP contribution in [0, 0.1) is 11.6 Å². The molecule has 3 heterocycles. The van der Waals surface area contributed by atoms with Gasteiger partial charge in [0, 0.05) is 36.0 Å². The Kier molecular flexibility index (Phi) is 5.25. The third kappa shape index (κ3) is 4.08. The van der Waals surface area contributed by atoms with Crippen molar-refractivity contribution >= 4 is 17.4 Å². The van der Waals surface area contributed by atoms with E-state index in [2.05, 4.69) is 20.5 Å². The molecule has 8 nitrogen and oxygen atoms in total. The number of methoxy groups -OCH3 is 1. The Balaban J connectivity index is 1.46. The van der Waals surface area contributed by atoms with Crippen LogP contribution >= 0.6 is 0 Å². The minimum atomic E-state index is -0.584. The van der Waals surface area contributed by atoms with Gasteiger partial charge in [-0.15, -0.1) is 0 Å². The fourth-order valence-corrected chi connectivity index (χ4v) is 3.58. The Morgan fingerprint density at radius 1 is 0.971 bits per heavy atom. The SMILES string of the molecule is COc1cc(F)cc(C(=O)Nc2cn3nc(-c4cn(C)nc4-c4ccc(F)cc4)ccc3n2)c1. The topological polar surface area (TPSA) is 86.3 Å². The molecular formula is C24H18F2N6O2. The Hall–Kier alpha value is -4.60. The number of carbonyl (C=O) groups excluding carboxylic acids is 1. The second kappa shape index (κ2) is 8.39. The van der Waals surface area contributed by atoms with Gasteiger partial charge in [0.2, 0.25) is 0 Å². The van der Waals surface area contributed by atoms with E-state index >= 15 is 0 Å². The number of ether oxygens (including phenoxy) is 1. The van der Waals surface area contributed by atoms with E-state index in [4.69, 9.17) is 4.74 Å². The van der Waals surface area contributed by atoms with Gasteiger partial charge < -0.3 is 10.1 Å². The van der Waals surface area contributed by atoms with Gasteiger partial charge in [-0.25, -0.2) is 18.3 Å². The third-order valence-corrected chi connectivity index (χ3v) is 5.15. The fraction of sp³-hybridized carbons (Fsp3) is 0.0833. The average Bonchev–Trinajstić information content (AvgIpc) is 3.41. The van der Waals surface area contributed by atoms with Crippen LogP contribution in [0.25, 0.3) is 28.2 Å². The van der Waals surface area contributed by atoms with E-state index in [9.17, 15) is 13.6 Å². The minimum Gasteiger partial charge on any atom is -0.497 e. The number of anilines is 1. The van der Waals surface area contributed by atoms with Crippen molar-refractivity contribution < 1.29 is 18.3 Å². The van der Waals surface area contributed by atoms with Crippen LogP contribution in [0.5, 0.6) is 5.75 Å². The second-order valence-corrected chi connectivity index (χ2v) is 7.55.